The van der Waals surface area contributed by atoms with Crippen molar-refractivity contribution in [2.24, 2.45) is 5.73 Å². The van der Waals surface area contributed by atoms with Crippen molar-refractivity contribution in [1.29, 1.82) is 0 Å². The van der Waals surface area contributed by atoms with E-state index in [-0.39, 0.29) is 0 Å². The summed E-state index contributed by atoms with van der Waals surface area (Å²) in [5.41, 5.74) is 10.2. The topological polar surface area (TPSA) is 43.3 Å². The van der Waals surface area contributed by atoms with Gasteiger partial charge in [0.25, 0.3) is 0 Å². The van der Waals surface area contributed by atoms with E-state index in [1.54, 1.807) is 0 Å². The molecule has 0 spiro atoms. The molecule has 0 aromatic carbocycles. The Morgan fingerprint density at radius 3 is 2.79 bits per heavy atom. The highest BCUT2D eigenvalue weighted by Crippen LogP contribution is 2.17. The molecule has 0 saturated carbocycles. The molecule has 3 heteroatoms. The SMILES string of the molecule is C=C(N)c1ccc(C)n2cc(C)nc12. The zero-order valence-electron chi connectivity index (χ0n) is 8.41. The number of fused-ring (bicyclic) bond motifs is 1. The summed E-state index contributed by atoms with van der Waals surface area (Å²) in [6.45, 7) is 7.75. The van der Waals surface area contributed by atoms with Gasteiger partial charge in [0.15, 0.2) is 0 Å². The zero-order chi connectivity index (χ0) is 10.3. The third kappa shape index (κ3) is 1.18. The largest absolute Gasteiger partial charge is 0.399 e. The minimum Gasteiger partial charge on any atom is -0.399 e. The summed E-state index contributed by atoms with van der Waals surface area (Å²) in [5.74, 6) is 0. The Morgan fingerprint density at radius 2 is 2.14 bits per heavy atom. The summed E-state index contributed by atoms with van der Waals surface area (Å²) >= 11 is 0. The van der Waals surface area contributed by atoms with E-state index in [2.05, 4.69) is 11.6 Å². The Bertz CT molecular complexity index is 508. The number of hydrogen-bond acceptors (Lipinski definition) is 2. The maximum atomic E-state index is 5.69. The van der Waals surface area contributed by atoms with Crippen LogP contribution in [0.15, 0.2) is 24.9 Å². The standard InChI is InChI=1S/C11H13N3/c1-7-6-14-8(2)4-5-10(9(3)12)11(14)13-7/h4-6H,3,12H2,1-2H3. The van der Waals surface area contributed by atoms with Gasteiger partial charge in [0.1, 0.15) is 5.65 Å². The quantitative estimate of drug-likeness (QED) is 0.740. The zero-order valence-corrected chi connectivity index (χ0v) is 8.41. The maximum absolute atomic E-state index is 5.69. The number of rotatable bonds is 1. The fourth-order valence-corrected chi connectivity index (χ4v) is 1.57. The van der Waals surface area contributed by atoms with Gasteiger partial charge in [-0.05, 0) is 26.0 Å². The normalized spacial score (nSPS) is 10.7. The van der Waals surface area contributed by atoms with E-state index < -0.39 is 0 Å². The number of hydrogen-bond donors (Lipinski definition) is 1. The van der Waals surface area contributed by atoms with Crippen LogP contribution in [-0.4, -0.2) is 9.38 Å². The lowest BCUT2D eigenvalue weighted by Gasteiger charge is -2.04. The number of pyridine rings is 1. The summed E-state index contributed by atoms with van der Waals surface area (Å²) in [4.78, 5) is 4.42. The number of imidazole rings is 1. The summed E-state index contributed by atoms with van der Waals surface area (Å²) in [6, 6.07) is 3.97. The van der Waals surface area contributed by atoms with Gasteiger partial charge in [0.2, 0.25) is 0 Å². The van der Waals surface area contributed by atoms with Crippen LogP contribution in [0.5, 0.6) is 0 Å². The van der Waals surface area contributed by atoms with Gasteiger partial charge in [0.05, 0.1) is 5.69 Å². The van der Waals surface area contributed by atoms with Crippen LogP contribution in [0.1, 0.15) is 17.0 Å². The van der Waals surface area contributed by atoms with Gasteiger partial charge in [-0.3, -0.25) is 0 Å². The van der Waals surface area contributed by atoms with Crippen LogP contribution < -0.4 is 5.73 Å². The molecule has 3 nitrogen and oxygen atoms in total. The van der Waals surface area contributed by atoms with Gasteiger partial charge in [-0.1, -0.05) is 6.58 Å². The number of nitrogens with two attached hydrogens (primary N) is 1. The molecule has 0 radical (unpaired) electrons. The molecule has 14 heavy (non-hydrogen) atoms. The second-order valence-electron chi connectivity index (χ2n) is 3.49. The molecule has 0 atom stereocenters. The molecule has 0 aliphatic carbocycles. The maximum Gasteiger partial charge on any atom is 0.146 e. The highest BCUT2D eigenvalue weighted by Gasteiger charge is 2.06. The van der Waals surface area contributed by atoms with E-state index in [9.17, 15) is 0 Å². The molecule has 0 fully saturated rings. The van der Waals surface area contributed by atoms with Crippen LogP contribution in [0.3, 0.4) is 0 Å². The third-order valence-corrected chi connectivity index (χ3v) is 2.28. The van der Waals surface area contributed by atoms with E-state index in [1.807, 2.05) is 36.6 Å². The van der Waals surface area contributed by atoms with Crippen molar-refractivity contribution in [3.8, 4) is 0 Å². The van der Waals surface area contributed by atoms with Gasteiger partial charge in [-0.2, -0.15) is 0 Å². The van der Waals surface area contributed by atoms with Crippen LogP contribution in [0, 0.1) is 13.8 Å². The second-order valence-corrected chi connectivity index (χ2v) is 3.49. The van der Waals surface area contributed by atoms with E-state index >= 15 is 0 Å². The molecule has 0 saturated heterocycles. The van der Waals surface area contributed by atoms with Crippen molar-refractivity contribution >= 4 is 11.3 Å². The van der Waals surface area contributed by atoms with E-state index in [1.165, 1.54) is 0 Å². The summed E-state index contributed by atoms with van der Waals surface area (Å²) < 4.78 is 2.03. The molecule has 2 aromatic heterocycles. The Kier molecular flexibility index (Phi) is 1.81. The lowest BCUT2D eigenvalue weighted by atomic mass is 10.2. The van der Waals surface area contributed by atoms with Crippen molar-refractivity contribution < 1.29 is 0 Å². The van der Waals surface area contributed by atoms with Crippen LogP contribution in [-0.2, 0) is 0 Å². The summed E-state index contributed by atoms with van der Waals surface area (Å²) in [6.07, 6.45) is 2.00. The Labute approximate surface area is 82.9 Å². The van der Waals surface area contributed by atoms with E-state index in [0.29, 0.717) is 5.70 Å². The van der Waals surface area contributed by atoms with Crippen molar-refractivity contribution in [2.75, 3.05) is 0 Å². The molecule has 0 aliphatic rings. The van der Waals surface area contributed by atoms with Crippen LogP contribution in [0.25, 0.3) is 11.3 Å². The van der Waals surface area contributed by atoms with Crippen LogP contribution in [0.4, 0.5) is 0 Å². The number of nitrogens with zero attached hydrogens (tertiary/aromatic N) is 2. The Hall–Kier alpha value is -1.77. The average Bonchev–Trinajstić information content (AvgIpc) is 2.47. The van der Waals surface area contributed by atoms with Gasteiger partial charge >= 0.3 is 0 Å². The average molecular weight is 187 g/mol. The fraction of sp³-hybridized carbons (Fsp3) is 0.182. The Balaban J connectivity index is 2.87. The lowest BCUT2D eigenvalue weighted by molar-refractivity contribution is 1.09. The summed E-state index contributed by atoms with van der Waals surface area (Å²) in [5, 5.41) is 0. The molecule has 0 aliphatic heterocycles. The van der Waals surface area contributed by atoms with Crippen molar-refractivity contribution in [3.05, 3.63) is 41.9 Å². The molecule has 2 heterocycles. The minimum atomic E-state index is 0.556. The summed E-state index contributed by atoms with van der Waals surface area (Å²) in [7, 11) is 0. The van der Waals surface area contributed by atoms with Crippen molar-refractivity contribution in [1.82, 2.24) is 9.38 Å². The second kappa shape index (κ2) is 2.87. The highest BCUT2D eigenvalue weighted by atomic mass is 15.0. The lowest BCUT2D eigenvalue weighted by Crippen LogP contribution is -1.99. The number of aryl methyl sites for hydroxylation is 2. The van der Waals surface area contributed by atoms with Gasteiger partial charge < -0.3 is 10.1 Å². The molecule has 0 amide bonds. The molecule has 0 unspecified atom stereocenters. The first kappa shape index (κ1) is 8.81. The van der Waals surface area contributed by atoms with Crippen molar-refractivity contribution in [3.63, 3.8) is 0 Å². The molecular formula is C11H13N3. The first-order valence-corrected chi connectivity index (χ1v) is 4.49. The highest BCUT2D eigenvalue weighted by molar-refractivity contribution is 5.73. The van der Waals surface area contributed by atoms with Crippen LogP contribution in [0.2, 0.25) is 0 Å². The molecule has 2 aromatic rings. The molecule has 0 bridgehead atoms. The van der Waals surface area contributed by atoms with E-state index in [0.717, 1.165) is 22.6 Å². The van der Waals surface area contributed by atoms with Gasteiger partial charge in [-0.15, -0.1) is 0 Å². The molecule has 2 rings (SSSR count). The van der Waals surface area contributed by atoms with Crippen molar-refractivity contribution in [2.45, 2.75) is 13.8 Å². The molecule has 2 N–H and O–H groups in total. The molecule has 72 valence electrons. The minimum absolute atomic E-state index is 0.556. The first-order chi connectivity index (χ1) is 6.59. The first-order valence-electron chi connectivity index (χ1n) is 4.49. The van der Waals surface area contributed by atoms with Crippen LogP contribution >= 0.6 is 0 Å². The van der Waals surface area contributed by atoms with E-state index in [4.69, 9.17) is 5.73 Å². The Morgan fingerprint density at radius 1 is 1.43 bits per heavy atom. The fourth-order valence-electron chi connectivity index (χ4n) is 1.57. The predicted molar refractivity (Wildman–Crippen MR) is 57.9 cm³/mol. The number of aromatic nitrogens is 2. The predicted octanol–water partition coefficient (Wildman–Crippen LogP) is 1.88. The van der Waals surface area contributed by atoms with Gasteiger partial charge in [-0.25, -0.2) is 4.98 Å². The smallest absolute Gasteiger partial charge is 0.146 e. The third-order valence-electron chi connectivity index (χ3n) is 2.28. The monoisotopic (exact) mass is 187 g/mol. The molecular weight excluding hydrogens is 174 g/mol. The van der Waals surface area contributed by atoms with Gasteiger partial charge in [0, 0.05) is 23.2 Å².